The highest BCUT2D eigenvalue weighted by atomic mass is 16.3. The Balaban J connectivity index is 1.68. The van der Waals surface area contributed by atoms with Gasteiger partial charge in [-0.25, -0.2) is 0 Å². The predicted molar refractivity (Wildman–Crippen MR) is 112 cm³/mol. The van der Waals surface area contributed by atoms with Crippen LogP contribution >= 0.6 is 0 Å². The van der Waals surface area contributed by atoms with Crippen LogP contribution in [-0.2, 0) is 7.05 Å². The van der Waals surface area contributed by atoms with Crippen LogP contribution in [0.4, 0.5) is 0 Å². The first kappa shape index (κ1) is 15.8. The summed E-state index contributed by atoms with van der Waals surface area (Å²) in [7, 11) is 2.07. The molecule has 132 valence electrons. The molecular formula is C24H20N2O. The van der Waals surface area contributed by atoms with Crippen molar-refractivity contribution < 1.29 is 5.11 Å². The molecule has 0 unspecified atom stereocenters. The van der Waals surface area contributed by atoms with Crippen LogP contribution in [0.25, 0.3) is 38.5 Å². The van der Waals surface area contributed by atoms with Crippen molar-refractivity contribution in [3.63, 3.8) is 0 Å². The van der Waals surface area contributed by atoms with Gasteiger partial charge in [-0.2, -0.15) is 0 Å². The van der Waals surface area contributed by atoms with Gasteiger partial charge in [-0.15, -0.1) is 0 Å². The molecule has 0 saturated carbocycles. The highest BCUT2D eigenvalue weighted by molar-refractivity contribution is 5.93. The number of fused-ring (bicyclic) bond motifs is 2. The third-order valence-electron chi connectivity index (χ3n) is 5.44. The van der Waals surface area contributed by atoms with E-state index in [9.17, 15) is 5.11 Å². The van der Waals surface area contributed by atoms with Gasteiger partial charge in [0.25, 0.3) is 0 Å². The molecule has 1 N–H and O–H groups in total. The second-order valence-corrected chi connectivity index (χ2v) is 7.08. The largest absolute Gasteiger partial charge is 0.494 e. The van der Waals surface area contributed by atoms with Gasteiger partial charge in [0.05, 0.1) is 11.2 Å². The van der Waals surface area contributed by atoms with Crippen molar-refractivity contribution in [1.82, 2.24) is 9.13 Å². The summed E-state index contributed by atoms with van der Waals surface area (Å²) in [6, 6.07) is 24.9. The average molecular weight is 352 g/mol. The molecule has 0 atom stereocenters. The number of benzene rings is 3. The van der Waals surface area contributed by atoms with Crippen molar-refractivity contribution in [3.05, 3.63) is 84.7 Å². The molecule has 0 amide bonds. The maximum absolute atomic E-state index is 10.9. The van der Waals surface area contributed by atoms with Crippen molar-refractivity contribution in [2.45, 2.75) is 6.92 Å². The molecule has 0 fully saturated rings. The molecule has 3 nitrogen and oxygen atoms in total. The van der Waals surface area contributed by atoms with Crippen LogP contribution in [0, 0.1) is 6.92 Å². The SMILES string of the molecule is Cc1cc2ccc(-n3cc4ccc(-c5ccccc5)cc4c3O)cc2n1C. The van der Waals surface area contributed by atoms with Crippen LogP contribution in [0.3, 0.4) is 0 Å². The smallest absolute Gasteiger partial charge is 0.203 e. The Morgan fingerprint density at radius 2 is 1.56 bits per heavy atom. The minimum absolute atomic E-state index is 0.271. The zero-order valence-corrected chi connectivity index (χ0v) is 15.3. The quantitative estimate of drug-likeness (QED) is 0.427. The van der Waals surface area contributed by atoms with Gasteiger partial charge in [0.15, 0.2) is 0 Å². The third kappa shape index (κ3) is 2.43. The van der Waals surface area contributed by atoms with Gasteiger partial charge in [0.1, 0.15) is 0 Å². The van der Waals surface area contributed by atoms with E-state index < -0.39 is 0 Å². The fraction of sp³-hybridized carbons (Fsp3) is 0.0833. The molecule has 27 heavy (non-hydrogen) atoms. The summed E-state index contributed by atoms with van der Waals surface area (Å²) in [6.07, 6.45) is 2.00. The van der Waals surface area contributed by atoms with Crippen LogP contribution in [-0.4, -0.2) is 14.2 Å². The maximum Gasteiger partial charge on any atom is 0.203 e. The van der Waals surface area contributed by atoms with E-state index in [0.717, 1.165) is 33.1 Å². The summed E-state index contributed by atoms with van der Waals surface area (Å²) in [5, 5.41) is 14.0. The third-order valence-corrected chi connectivity index (χ3v) is 5.44. The molecule has 0 spiro atoms. The zero-order chi connectivity index (χ0) is 18.5. The Hall–Kier alpha value is -3.46. The molecule has 0 aliphatic heterocycles. The number of aromatic nitrogens is 2. The minimum atomic E-state index is 0.271. The van der Waals surface area contributed by atoms with Crippen LogP contribution < -0.4 is 0 Å². The lowest BCUT2D eigenvalue weighted by Gasteiger charge is -2.07. The second kappa shape index (κ2) is 5.78. The van der Waals surface area contributed by atoms with Crippen LogP contribution in [0.1, 0.15) is 5.69 Å². The first-order valence-electron chi connectivity index (χ1n) is 9.08. The van der Waals surface area contributed by atoms with Gasteiger partial charge in [-0.3, -0.25) is 4.57 Å². The summed E-state index contributed by atoms with van der Waals surface area (Å²) in [5.41, 5.74) is 5.58. The summed E-state index contributed by atoms with van der Waals surface area (Å²) in [5.74, 6) is 0.271. The van der Waals surface area contributed by atoms with E-state index >= 15 is 0 Å². The van der Waals surface area contributed by atoms with E-state index in [1.165, 1.54) is 11.1 Å². The van der Waals surface area contributed by atoms with Crippen LogP contribution in [0.2, 0.25) is 0 Å². The maximum atomic E-state index is 10.9. The Bertz CT molecular complexity index is 1290. The normalized spacial score (nSPS) is 11.5. The Kier molecular flexibility index (Phi) is 3.37. The fourth-order valence-corrected chi connectivity index (χ4v) is 3.81. The molecule has 2 aromatic heterocycles. The molecule has 0 aliphatic carbocycles. The molecule has 0 aliphatic rings. The zero-order valence-electron chi connectivity index (χ0n) is 15.3. The molecular weight excluding hydrogens is 332 g/mol. The number of rotatable bonds is 2. The number of aryl methyl sites for hydroxylation is 2. The summed E-state index contributed by atoms with van der Waals surface area (Å²) in [4.78, 5) is 0. The van der Waals surface area contributed by atoms with Gasteiger partial charge in [0.2, 0.25) is 5.88 Å². The molecule has 5 aromatic rings. The Morgan fingerprint density at radius 1 is 0.778 bits per heavy atom. The van der Waals surface area contributed by atoms with Gasteiger partial charge in [0, 0.05) is 29.7 Å². The number of hydrogen-bond donors (Lipinski definition) is 1. The van der Waals surface area contributed by atoms with Gasteiger partial charge < -0.3 is 9.67 Å². The van der Waals surface area contributed by atoms with E-state index in [0.29, 0.717) is 0 Å². The number of nitrogens with zero attached hydrogens (tertiary/aromatic N) is 2. The Morgan fingerprint density at radius 3 is 2.37 bits per heavy atom. The van der Waals surface area contributed by atoms with Crippen LogP contribution in [0.5, 0.6) is 5.88 Å². The highest BCUT2D eigenvalue weighted by Crippen LogP contribution is 2.34. The van der Waals surface area contributed by atoms with E-state index in [2.05, 4.69) is 73.1 Å². The predicted octanol–water partition coefficient (Wildman–Crippen LogP) is 5.80. The van der Waals surface area contributed by atoms with Crippen molar-refractivity contribution in [2.75, 3.05) is 0 Å². The standard InChI is InChI=1S/C24H20N2O/c1-16-12-19-10-11-21(14-23(19)25(16)2)26-15-20-9-8-18(13-22(20)24(26)27)17-6-4-3-5-7-17/h3-15,27H,1-2H3. The summed E-state index contributed by atoms with van der Waals surface area (Å²) >= 11 is 0. The summed E-state index contributed by atoms with van der Waals surface area (Å²) < 4.78 is 4.04. The van der Waals surface area contributed by atoms with Gasteiger partial charge in [-0.05, 0) is 47.7 Å². The van der Waals surface area contributed by atoms with Gasteiger partial charge in [-0.1, -0.05) is 48.5 Å². The number of hydrogen-bond acceptors (Lipinski definition) is 1. The molecule has 0 saturated heterocycles. The van der Waals surface area contributed by atoms with Crippen molar-refractivity contribution in [1.29, 1.82) is 0 Å². The van der Waals surface area contributed by atoms with Crippen LogP contribution in [0.15, 0.2) is 79.0 Å². The average Bonchev–Trinajstić information content (AvgIpc) is 3.18. The minimum Gasteiger partial charge on any atom is -0.494 e. The number of aromatic hydroxyl groups is 1. The monoisotopic (exact) mass is 352 g/mol. The lowest BCUT2D eigenvalue weighted by molar-refractivity contribution is 0.448. The molecule has 0 bridgehead atoms. The topological polar surface area (TPSA) is 30.1 Å². The van der Waals surface area contributed by atoms with Crippen molar-refractivity contribution >= 4 is 21.7 Å². The molecule has 3 aromatic carbocycles. The first-order valence-corrected chi connectivity index (χ1v) is 9.08. The van der Waals surface area contributed by atoms with E-state index in [-0.39, 0.29) is 5.88 Å². The molecule has 3 heteroatoms. The Labute approximate surface area is 157 Å². The lowest BCUT2D eigenvalue weighted by atomic mass is 10.0. The first-order chi connectivity index (χ1) is 13.1. The summed E-state index contributed by atoms with van der Waals surface area (Å²) in [6.45, 7) is 2.10. The van der Waals surface area contributed by atoms with Crippen molar-refractivity contribution in [2.24, 2.45) is 7.05 Å². The lowest BCUT2D eigenvalue weighted by Crippen LogP contribution is -1.93. The van der Waals surface area contributed by atoms with Gasteiger partial charge >= 0.3 is 0 Å². The highest BCUT2D eigenvalue weighted by Gasteiger charge is 2.12. The fourth-order valence-electron chi connectivity index (χ4n) is 3.81. The molecule has 0 radical (unpaired) electrons. The van der Waals surface area contributed by atoms with E-state index in [1.807, 2.05) is 29.0 Å². The second-order valence-electron chi connectivity index (χ2n) is 7.08. The van der Waals surface area contributed by atoms with E-state index in [4.69, 9.17) is 0 Å². The van der Waals surface area contributed by atoms with Crippen molar-refractivity contribution in [3.8, 4) is 22.7 Å². The van der Waals surface area contributed by atoms with E-state index in [1.54, 1.807) is 0 Å². The molecule has 5 rings (SSSR count). The molecule has 2 heterocycles.